The van der Waals surface area contributed by atoms with Crippen LogP contribution in [0, 0.1) is 0 Å². The standard InChI is InChI=1S/C24H32N3OS/c1-27(2,3)16-6-13-26-14-11-19(12-15-26)22-17-29-24(25-22)23(28)21-10-9-18-7-4-5-8-20(18)21/h4-5,7-8,10,17,19H,6,9,11-16H2,1-3H3/q+1. The normalized spacial score (nSPS) is 18.0. The Hall–Kier alpha value is -1.82. The van der Waals surface area contributed by atoms with Gasteiger partial charge in [0.1, 0.15) is 0 Å². The van der Waals surface area contributed by atoms with Crippen LogP contribution >= 0.6 is 11.3 Å². The first-order valence-corrected chi connectivity index (χ1v) is 11.6. The molecule has 0 spiro atoms. The molecule has 1 aliphatic heterocycles. The summed E-state index contributed by atoms with van der Waals surface area (Å²) in [6.07, 6.45) is 6.45. The van der Waals surface area contributed by atoms with Crippen molar-refractivity contribution in [2.24, 2.45) is 0 Å². The molecule has 4 rings (SSSR count). The van der Waals surface area contributed by atoms with Crippen molar-refractivity contribution in [2.75, 3.05) is 47.3 Å². The van der Waals surface area contributed by atoms with E-state index >= 15 is 0 Å². The molecule has 0 saturated carbocycles. The number of fused-ring (bicyclic) bond motifs is 1. The fraction of sp³-hybridized carbons (Fsp3) is 0.500. The predicted molar refractivity (Wildman–Crippen MR) is 120 cm³/mol. The summed E-state index contributed by atoms with van der Waals surface area (Å²) in [5.41, 5.74) is 4.27. The van der Waals surface area contributed by atoms with Crippen molar-refractivity contribution in [3.8, 4) is 0 Å². The van der Waals surface area contributed by atoms with Crippen LogP contribution in [-0.2, 0) is 6.42 Å². The molecule has 0 bridgehead atoms. The van der Waals surface area contributed by atoms with Crippen LogP contribution in [-0.4, -0.2) is 67.5 Å². The predicted octanol–water partition coefficient (Wildman–Crippen LogP) is 4.24. The lowest BCUT2D eigenvalue weighted by molar-refractivity contribution is -0.870. The van der Waals surface area contributed by atoms with Gasteiger partial charge in [-0.2, -0.15) is 0 Å². The number of ketones is 1. The lowest BCUT2D eigenvalue weighted by atomic mass is 9.94. The highest BCUT2D eigenvalue weighted by Gasteiger charge is 2.26. The van der Waals surface area contributed by atoms with Gasteiger partial charge in [-0.05, 0) is 43.5 Å². The summed E-state index contributed by atoms with van der Waals surface area (Å²) in [4.78, 5) is 20.4. The third-order valence-corrected chi connectivity index (χ3v) is 6.96. The monoisotopic (exact) mass is 410 g/mol. The molecule has 29 heavy (non-hydrogen) atoms. The van der Waals surface area contributed by atoms with Crippen molar-refractivity contribution in [3.63, 3.8) is 0 Å². The summed E-state index contributed by atoms with van der Waals surface area (Å²) in [6.45, 7) is 4.69. The number of hydrogen-bond donors (Lipinski definition) is 0. The molecule has 0 unspecified atom stereocenters. The van der Waals surface area contributed by atoms with Gasteiger partial charge in [0.2, 0.25) is 5.78 Å². The van der Waals surface area contributed by atoms with Crippen LogP contribution in [0.5, 0.6) is 0 Å². The van der Waals surface area contributed by atoms with Crippen LogP contribution in [0.2, 0.25) is 0 Å². The Labute approximate surface area is 178 Å². The molecule has 2 aromatic rings. The number of carbonyl (C=O) groups is 1. The minimum Gasteiger partial charge on any atom is -0.331 e. The molecule has 1 saturated heterocycles. The van der Waals surface area contributed by atoms with Gasteiger partial charge in [0.25, 0.3) is 0 Å². The van der Waals surface area contributed by atoms with Crippen LogP contribution in [0.4, 0.5) is 0 Å². The highest BCUT2D eigenvalue weighted by molar-refractivity contribution is 7.12. The van der Waals surface area contributed by atoms with E-state index in [-0.39, 0.29) is 5.78 Å². The number of likely N-dealkylation sites (tertiary alicyclic amines) is 1. The molecular formula is C24H32N3OS+. The van der Waals surface area contributed by atoms with Crippen molar-refractivity contribution in [1.29, 1.82) is 0 Å². The smallest absolute Gasteiger partial charge is 0.221 e. The minimum atomic E-state index is 0.0870. The van der Waals surface area contributed by atoms with Gasteiger partial charge in [0.15, 0.2) is 5.01 Å². The summed E-state index contributed by atoms with van der Waals surface area (Å²) in [7, 11) is 6.77. The first kappa shape index (κ1) is 20.5. The molecule has 1 aromatic heterocycles. The van der Waals surface area contributed by atoms with E-state index in [1.165, 1.54) is 36.4 Å². The van der Waals surface area contributed by atoms with Gasteiger partial charge in [-0.1, -0.05) is 30.3 Å². The second kappa shape index (κ2) is 8.50. The SMILES string of the molecule is C[N+](C)(C)CCCN1CCC(c2csc(C(=O)C3=CCc4ccccc43)n2)CC1. The molecule has 5 heteroatoms. The lowest BCUT2D eigenvalue weighted by Gasteiger charge is -2.32. The highest BCUT2D eigenvalue weighted by atomic mass is 32.1. The lowest BCUT2D eigenvalue weighted by Crippen LogP contribution is -2.39. The van der Waals surface area contributed by atoms with Gasteiger partial charge < -0.3 is 9.38 Å². The van der Waals surface area contributed by atoms with Gasteiger partial charge in [-0.25, -0.2) is 4.98 Å². The van der Waals surface area contributed by atoms with E-state index in [4.69, 9.17) is 4.98 Å². The molecule has 2 aliphatic rings. The van der Waals surface area contributed by atoms with Crippen molar-refractivity contribution in [2.45, 2.75) is 31.6 Å². The highest BCUT2D eigenvalue weighted by Crippen LogP contribution is 2.33. The summed E-state index contributed by atoms with van der Waals surface area (Å²) < 4.78 is 1.03. The maximum absolute atomic E-state index is 13.0. The second-order valence-electron chi connectivity index (χ2n) is 9.37. The zero-order valence-electron chi connectivity index (χ0n) is 17.9. The van der Waals surface area contributed by atoms with Crippen LogP contribution in [0.25, 0.3) is 5.57 Å². The van der Waals surface area contributed by atoms with Crippen LogP contribution in [0.3, 0.4) is 0 Å². The molecular weight excluding hydrogens is 378 g/mol. The average Bonchev–Trinajstić information content (AvgIpc) is 3.35. The first-order valence-electron chi connectivity index (χ1n) is 10.7. The zero-order valence-corrected chi connectivity index (χ0v) is 18.7. The number of Topliss-reactive ketones (excluding diaryl/α,β-unsaturated/α-hetero) is 1. The maximum Gasteiger partial charge on any atom is 0.221 e. The Balaban J connectivity index is 1.33. The van der Waals surface area contributed by atoms with E-state index < -0.39 is 0 Å². The number of aromatic nitrogens is 1. The maximum atomic E-state index is 13.0. The fourth-order valence-corrected chi connectivity index (χ4v) is 5.26. The van der Waals surface area contributed by atoms with Gasteiger partial charge >= 0.3 is 0 Å². The molecule has 1 fully saturated rings. The van der Waals surface area contributed by atoms with Gasteiger partial charge in [-0.3, -0.25) is 4.79 Å². The van der Waals surface area contributed by atoms with E-state index in [1.54, 1.807) is 0 Å². The molecule has 0 radical (unpaired) electrons. The van der Waals surface area contributed by atoms with Gasteiger partial charge in [-0.15, -0.1) is 11.3 Å². The number of nitrogens with zero attached hydrogens (tertiary/aromatic N) is 3. The average molecular weight is 411 g/mol. The second-order valence-corrected chi connectivity index (χ2v) is 10.2. The molecule has 0 amide bonds. The number of benzene rings is 1. The van der Waals surface area contributed by atoms with Gasteiger partial charge in [0.05, 0.1) is 33.4 Å². The van der Waals surface area contributed by atoms with Crippen LogP contribution in [0.1, 0.15) is 51.8 Å². The number of thiazole rings is 1. The Morgan fingerprint density at radius 1 is 1.21 bits per heavy atom. The number of allylic oxidation sites excluding steroid dienone is 2. The number of hydrogen-bond acceptors (Lipinski definition) is 4. The quantitative estimate of drug-likeness (QED) is 0.506. The van der Waals surface area contributed by atoms with Crippen molar-refractivity contribution >= 4 is 22.7 Å². The van der Waals surface area contributed by atoms with Crippen molar-refractivity contribution < 1.29 is 9.28 Å². The number of quaternary nitrogens is 1. The summed E-state index contributed by atoms with van der Waals surface area (Å²) >= 11 is 1.51. The number of piperidine rings is 1. The Bertz CT molecular complexity index is 901. The van der Waals surface area contributed by atoms with Crippen LogP contribution in [0.15, 0.2) is 35.7 Å². The molecule has 154 valence electrons. The molecule has 0 N–H and O–H groups in total. The molecule has 4 nitrogen and oxygen atoms in total. The van der Waals surface area contributed by atoms with E-state index in [0.717, 1.165) is 53.7 Å². The Morgan fingerprint density at radius 3 is 2.72 bits per heavy atom. The number of rotatable bonds is 7. The molecule has 0 atom stereocenters. The third kappa shape index (κ3) is 4.85. The topological polar surface area (TPSA) is 33.2 Å². The van der Waals surface area contributed by atoms with Crippen LogP contribution < -0.4 is 0 Å². The number of carbonyl (C=O) groups excluding carboxylic acids is 1. The molecule has 2 heterocycles. The summed E-state index contributed by atoms with van der Waals surface area (Å²) in [5, 5.41) is 2.76. The zero-order chi connectivity index (χ0) is 20.4. The molecule has 1 aliphatic carbocycles. The minimum absolute atomic E-state index is 0.0870. The summed E-state index contributed by atoms with van der Waals surface area (Å²) in [5.74, 6) is 0.580. The van der Waals surface area contributed by atoms with Gasteiger partial charge in [0, 0.05) is 29.8 Å². The van der Waals surface area contributed by atoms with Crippen molar-refractivity contribution in [1.82, 2.24) is 9.88 Å². The van der Waals surface area contributed by atoms with E-state index in [1.807, 2.05) is 12.1 Å². The molecule has 1 aromatic carbocycles. The van der Waals surface area contributed by atoms with Crippen molar-refractivity contribution in [3.05, 3.63) is 57.6 Å². The Kier molecular flexibility index (Phi) is 6.00. The summed E-state index contributed by atoms with van der Waals surface area (Å²) in [6, 6.07) is 8.20. The Morgan fingerprint density at radius 2 is 1.97 bits per heavy atom. The van der Waals surface area contributed by atoms with E-state index in [0.29, 0.717) is 10.9 Å². The van der Waals surface area contributed by atoms with E-state index in [2.05, 4.69) is 49.6 Å². The van der Waals surface area contributed by atoms with E-state index in [9.17, 15) is 4.79 Å². The third-order valence-electron chi connectivity index (χ3n) is 6.10. The fourth-order valence-electron chi connectivity index (χ4n) is 4.41. The first-order chi connectivity index (χ1) is 13.9. The largest absolute Gasteiger partial charge is 0.331 e.